The molecule has 8 heteroatoms. The molecular formula is C22H23N3O4S. The SMILES string of the molecule is COc1ccc(C)cc1N(CC(=O)N(C)c1cccnc1)S(=O)(=O)c1ccccc1. The van der Waals surface area contributed by atoms with Gasteiger partial charge in [-0.3, -0.25) is 14.1 Å². The molecule has 1 amide bonds. The fourth-order valence-corrected chi connectivity index (χ4v) is 4.38. The molecule has 30 heavy (non-hydrogen) atoms. The number of aromatic nitrogens is 1. The summed E-state index contributed by atoms with van der Waals surface area (Å²) in [5.74, 6) is -0.0528. The average Bonchev–Trinajstić information content (AvgIpc) is 2.77. The van der Waals surface area contributed by atoms with Crippen LogP contribution in [0.5, 0.6) is 5.75 Å². The third kappa shape index (κ3) is 4.44. The van der Waals surface area contributed by atoms with Crippen LogP contribution in [0.1, 0.15) is 5.56 Å². The fourth-order valence-electron chi connectivity index (χ4n) is 2.94. The van der Waals surface area contributed by atoms with E-state index in [0.29, 0.717) is 17.1 Å². The predicted octanol–water partition coefficient (Wildman–Crippen LogP) is 3.26. The van der Waals surface area contributed by atoms with Crippen molar-refractivity contribution in [3.8, 4) is 5.75 Å². The highest BCUT2D eigenvalue weighted by Gasteiger charge is 2.30. The molecule has 0 radical (unpaired) electrons. The van der Waals surface area contributed by atoms with Crippen molar-refractivity contribution in [3.05, 3.63) is 78.6 Å². The molecule has 0 saturated heterocycles. The van der Waals surface area contributed by atoms with Crippen LogP contribution in [0.2, 0.25) is 0 Å². The second-order valence-electron chi connectivity index (χ2n) is 6.66. The van der Waals surface area contributed by atoms with Crippen molar-refractivity contribution in [2.24, 2.45) is 0 Å². The van der Waals surface area contributed by atoms with Crippen LogP contribution in [0, 0.1) is 6.92 Å². The number of hydrogen-bond donors (Lipinski definition) is 0. The minimum atomic E-state index is -4.02. The van der Waals surface area contributed by atoms with Crippen molar-refractivity contribution in [3.63, 3.8) is 0 Å². The Kier molecular flexibility index (Phi) is 6.37. The van der Waals surface area contributed by atoms with Crippen LogP contribution in [0.4, 0.5) is 11.4 Å². The summed E-state index contributed by atoms with van der Waals surface area (Å²) >= 11 is 0. The van der Waals surface area contributed by atoms with Crippen LogP contribution in [-0.4, -0.2) is 40.0 Å². The van der Waals surface area contributed by atoms with Crippen molar-refractivity contribution in [1.82, 2.24) is 4.98 Å². The summed E-state index contributed by atoms with van der Waals surface area (Å²) in [7, 11) is -0.977. The fraction of sp³-hybridized carbons (Fsp3) is 0.182. The van der Waals surface area contributed by atoms with Gasteiger partial charge in [0, 0.05) is 13.2 Å². The van der Waals surface area contributed by atoms with Crippen molar-refractivity contribution in [2.45, 2.75) is 11.8 Å². The van der Waals surface area contributed by atoms with Crippen LogP contribution < -0.4 is 13.9 Å². The summed E-state index contributed by atoms with van der Waals surface area (Å²) in [6.45, 7) is 1.45. The van der Waals surface area contributed by atoms with Crippen LogP contribution >= 0.6 is 0 Å². The van der Waals surface area contributed by atoms with Gasteiger partial charge in [-0.25, -0.2) is 8.42 Å². The number of anilines is 2. The predicted molar refractivity (Wildman–Crippen MR) is 116 cm³/mol. The Balaban J connectivity index is 2.07. The number of benzene rings is 2. The molecule has 0 fully saturated rings. The topological polar surface area (TPSA) is 79.8 Å². The third-order valence-corrected chi connectivity index (χ3v) is 6.39. The first-order chi connectivity index (χ1) is 14.3. The van der Waals surface area contributed by atoms with Crippen LogP contribution in [0.25, 0.3) is 0 Å². The van der Waals surface area contributed by atoms with Gasteiger partial charge in [0.05, 0.1) is 29.6 Å². The van der Waals surface area contributed by atoms with Gasteiger partial charge in [-0.05, 0) is 48.9 Å². The number of sulfonamides is 1. The lowest BCUT2D eigenvalue weighted by Crippen LogP contribution is -2.42. The summed E-state index contributed by atoms with van der Waals surface area (Å²) in [5.41, 5.74) is 1.71. The zero-order valence-corrected chi connectivity index (χ0v) is 17.8. The number of carbonyl (C=O) groups is 1. The van der Waals surface area contributed by atoms with Gasteiger partial charge >= 0.3 is 0 Å². The minimum absolute atomic E-state index is 0.0883. The van der Waals surface area contributed by atoms with Crippen molar-refractivity contribution in [1.29, 1.82) is 0 Å². The molecule has 0 aliphatic rings. The summed E-state index contributed by atoms with van der Waals surface area (Å²) in [6.07, 6.45) is 3.15. The molecule has 3 rings (SSSR count). The first kappa shape index (κ1) is 21.3. The first-order valence-electron chi connectivity index (χ1n) is 9.23. The molecule has 0 spiro atoms. The number of aryl methyl sites for hydroxylation is 1. The third-order valence-electron chi connectivity index (χ3n) is 4.62. The van der Waals surface area contributed by atoms with E-state index < -0.39 is 22.5 Å². The van der Waals surface area contributed by atoms with Crippen molar-refractivity contribution in [2.75, 3.05) is 29.9 Å². The van der Waals surface area contributed by atoms with Crippen molar-refractivity contribution >= 4 is 27.3 Å². The van der Waals surface area contributed by atoms with Crippen LogP contribution in [-0.2, 0) is 14.8 Å². The Hall–Kier alpha value is -3.39. The quantitative estimate of drug-likeness (QED) is 0.581. The van der Waals surface area contributed by atoms with Gasteiger partial charge in [-0.15, -0.1) is 0 Å². The molecule has 0 bridgehead atoms. The number of pyridine rings is 1. The standard InChI is InChI=1S/C22H23N3O4S/c1-17-11-12-21(29-3)20(14-17)25(30(27,28)19-9-5-4-6-10-19)16-22(26)24(2)18-8-7-13-23-15-18/h4-15H,16H2,1-3H3. The van der Waals surface area contributed by atoms with Gasteiger partial charge in [-0.2, -0.15) is 0 Å². The maximum absolute atomic E-state index is 13.5. The summed E-state index contributed by atoms with van der Waals surface area (Å²) < 4.78 is 33.5. The first-order valence-corrected chi connectivity index (χ1v) is 10.7. The van der Waals surface area contributed by atoms with Gasteiger partial charge in [0.1, 0.15) is 12.3 Å². The summed E-state index contributed by atoms with van der Waals surface area (Å²) in [6, 6.07) is 16.7. The lowest BCUT2D eigenvalue weighted by Gasteiger charge is -2.28. The highest BCUT2D eigenvalue weighted by atomic mass is 32.2. The molecule has 1 aromatic heterocycles. The molecule has 0 saturated carbocycles. The summed E-state index contributed by atoms with van der Waals surface area (Å²) in [5, 5.41) is 0. The van der Waals surface area contributed by atoms with E-state index in [0.717, 1.165) is 9.87 Å². The zero-order valence-electron chi connectivity index (χ0n) is 17.0. The second-order valence-corrected chi connectivity index (χ2v) is 8.53. The average molecular weight is 426 g/mol. The number of likely N-dealkylation sites (N-methyl/N-ethyl adjacent to an activating group) is 1. The number of ether oxygens (including phenoxy) is 1. The van der Waals surface area contributed by atoms with E-state index >= 15 is 0 Å². The molecular weight excluding hydrogens is 402 g/mol. The number of methoxy groups -OCH3 is 1. The molecule has 0 unspecified atom stereocenters. The summed E-state index contributed by atoms with van der Waals surface area (Å²) in [4.78, 5) is 18.5. The maximum atomic E-state index is 13.5. The number of carbonyl (C=O) groups excluding carboxylic acids is 1. The van der Waals surface area contributed by atoms with Crippen LogP contribution in [0.3, 0.4) is 0 Å². The monoisotopic (exact) mass is 425 g/mol. The zero-order chi connectivity index (χ0) is 21.7. The Morgan fingerprint density at radius 3 is 2.43 bits per heavy atom. The Bertz CT molecular complexity index is 1120. The molecule has 2 aromatic carbocycles. The van der Waals surface area contributed by atoms with Gasteiger partial charge in [0.25, 0.3) is 10.0 Å². The van der Waals surface area contributed by atoms with Gasteiger partial charge in [-0.1, -0.05) is 24.3 Å². The van der Waals surface area contributed by atoms with Crippen molar-refractivity contribution < 1.29 is 17.9 Å². The number of hydrogen-bond acceptors (Lipinski definition) is 5. The molecule has 7 nitrogen and oxygen atoms in total. The highest BCUT2D eigenvalue weighted by molar-refractivity contribution is 7.92. The van der Waals surface area contributed by atoms with E-state index in [4.69, 9.17) is 4.74 Å². The van der Waals surface area contributed by atoms with Crippen LogP contribution in [0.15, 0.2) is 78.0 Å². The lowest BCUT2D eigenvalue weighted by molar-refractivity contribution is -0.116. The number of rotatable bonds is 7. The van der Waals surface area contributed by atoms with E-state index in [9.17, 15) is 13.2 Å². The van der Waals surface area contributed by atoms with E-state index in [1.807, 2.05) is 13.0 Å². The van der Waals surface area contributed by atoms with E-state index in [1.165, 1.54) is 24.1 Å². The van der Waals surface area contributed by atoms with Gasteiger partial charge in [0.2, 0.25) is 5.91 Å². The van der Waals surface area contributed by atoms with Gasteiger partial charge in [0.15, 0.2) is 0 Å². The highest BCUT2D eigenvalue weighted by Crippen LogP contribution is 2.33. The van der Waals surface area contributed by atoms with E-state index in [-0.39, 0.29) is 4.90 Å². The van der Waals surface area contributed by atoms with E-state index in [1.54, 1.807) is 61.9 Å². The molecule has 156 valence electrons. The lowest BCUT2D eigenvalue weighted by atomic mass is 10.2. The smallest absolute Gasteiger partial charge is 0.264 e. The molecule has 0 atom stereocenters. The Morgan fingerprint density at radius 2 is 1.80 bits per heavy atom. The molecule has 0 aliphatic carbocycles. The molecule has 0 aliphatic heterocycles. The molecule has 1 heterocycles. The minimum Gasteiger partial charge on any atom is -0.495 e. The largest absolute Gasteiger partial charge is 0.495 e. The number of nitrogens with zero attached hydrogens (tertiary/aromatic N) is 3. The number of amides is 1. The Morgan fingerprint density at radius 1 is 1.07 bits per heavy atom. The van der Waals surface area contributed by atoms with E-state index in [2.05, 4.69) is 4.98 Å². The molecule has 0 N–H and O–H groups in total. The maximum Gasteiger partial charge on any atom is 0.264 e. The second kappa shape index (κ2) is 8.96. The normalized spacial score (nSPS) is 11.0. The molecule has 3 aromatic rings. The van der Waals surface area contributed by atoms with Gasteiger partial charge < -0.3 is 9.64 Å². The Labute approximate surface area is 176 Å².